The molecule has 0 saturated heterocycles. The molecule has 9 heteroatoms. The molecule has 0 unspecified atom stereocenters. The Hall–Kier alpha value is -2.00. The zero-order chi connectivity index (χ0) is 16.3. The van der Waals surface area contributed by atoms with E-state index in [4.69, 9.17) is 9.88 Å². The molecule has 0 bridgehead atoms. The molecule has 8 nitrogen and oxygen atoms in total. The second-order valence-electron chi connectivity index (χ2n) is 5.24. The van der Waals surface area contributed by atoms with E-state index < -0.39 is 20.6 Å². The molecule has 22 heavy (non-hydrogen) atoms. The van der Waals surface area contributed by atoms with Gasteiger partial charge in [0.1, 0.15) is 5.78 Å². The van der Waals surface area contributed by atoms with Crippen molar-refractivity contribution >= 4 is 21.5 Å². The molecule has 1 aromatic rings. The van der Waals surface area contributed by atoms with E-state index in [1.54, 1.807) is 0 Å². The van der Waals surface area contributed by atoms with Crippen LogP contribution in [-0.2, 0) is 14.8 Å². The van der Waals surface area contributed by atoms with Gasteiger partial charge in [0.2, 0.25) is 10.0 Å². The highest BCUT2D eigenvalue weighted by atomic mass is 32.2. The number of rotatable bonds is 5. The Morgan fingerprint density at radius 1 is 1.41 bits per heavy atom. The van der Waals surface area contributed by atoms with Crippen molar-refractivity contribution in [3.8, 4) is 5.75 Å². The molecule has 1 aliphatic rings. The summed E-state index contributed by atoms with van der Waals surface area (Å²) in [4.78, 5) is 21.3. The number of nitrogens with zero attached hydrogens (tertiary/aromatic N) is 1. The number of nitro benzene ring substituents is 1. The number of carbonyl (C=O) groups is 1. The quantitative estimate of drug-likeness (QED) is 0.642. The van der Waals surface area contributed by atoms with Gasteiger partial charge in [0, 0.05) is 18.9 Å². The van der Waals surface area contributed by atoms with Gasteiger partial charge in [-0.2, -0.15) is 0 Å². The molecular weight excluding hydrogens is 312 g/mol. The number of hydrogen-bond donors (Lipinski definition) is 1. The zero-order valence-electron chi connectivity index (χ0n) is 11.7. The summed E-state index contributed by atoms with van der Waals surface area (Å²) in [6.07, 6.45) is 2.59. The van der Waals surface area contributed by atoms with Gasteiger partial charge in [-0.05, 0) is 30.9 Å². The smallest absolute Gasteiger partial charge is 0.312 e. The van der Waals surface area contributed by atoms with Crippen LogP contribution in [0.2, 0.25) is 0 Å². The van der Waals surface area contributed by atoms with E-state index in [2.05, 4.69) is 0 Å². The molecular formula is C13H16N2O6S. The summed E-state index contributed by atoms with van der Waals surface area (Å²) in [7, 11) is -4.02. The van der Waals surface area contributed by atoms with Gasteiger partial charge in [0.15, 0.2) is 5.75 Å². The number of nitro groups is 1. The van der Waals surface area contributed by atoms with Gasteiger partial charge in [-0.25, -0.2) is 13.6 Å². The van der Waals surface area contributed by atoms with Crippen molar-refractivity contribution in [2.45, 2.75) is 30.6 Å². The highest BCUT2D eigenvalue weighted by molar-refractivity contribution is 7.89. The molecule has 1 saturated carbocycles. The number of Topliss-reactive ketones (excluding diaryl/α,β-unsaturated/α-hetero) is 1. The Bertz CT molecular complexity index is 700. The lowest BCUT2D eigenvalue weighted by Gasteiger charge is -2.20. The summed E-state index contributed by atoms with van der Waals surface area (Å²) in [5.74, 6) is 0.160. The van der Waals surface area contributed by atoms with Gasteiger partial charge in [0.05, 0.1) is 16.4 Å². The van der Waals surface area contributed by atoms with Gasteiger partial charge in [-0.1, -0.05) is 0 Å². The molecule has 0 aromatic heterocycles. The maximum atomic E-state index is 11.4. The molecule has 0 radical (unpaired) electrons. The molecule has 0 aliphatic heterocycles. The first-order chi connectivity index (χ1) is 10.3. The number of primary sulfonamides is 1. The summed E-state index contributed by atoms with van der Waals surface area (Å²) >= 11 is 0. The number of sulfonamides is 1. The van der Waals surface area contributed by atoms with Crippen LogP contribution in [0.25, 0.3) is 0 Å². The largest absolute Gasteiger partial charge is 0.487 e. The predicted octanol–water partition coefficient (Wildman–Crippen LogP) is 1.38. The number of ether oxygens (including phenoxy) is 1. The van der Waals surface area contributed by atoms with Gasteiger partial charge in [-0.3, -0.25) is 14.9 Å². The average Bonchev–Trinajstić information content (AvgIpc) is 2.44. The summed E-state index contributed by atoms with van der Waals surface area (Å²) in [5, 5.41) is 16.0. The molecule has 1 aliphatic carbocycles. The van der Waals surface area contributed by atoms with Crippen molar-refractivity contribution in [3.63, 3.8) is 0 Å². The maximum Gasteiger partial charge on any atom is 0.312 e. The SMILES string of the molecule is NS(=O)(=O)c1ccc(OC[C@H]2CCCC(=O)C2)c([N+](=O)[O-])c1. The van der Waals surface area contributed by atoms with Crippen LogP contribution in [0, 0.1) is 16.0 Å². The number of ketones is 1. The first kappa shape index (κ1) is 16.4. The molecule has 0 heterocycles. The van der Waals surface area contributed by atoms with Crippen molar-refractivity contribution in [2.75, 3.05) is 6.61 Å². The van der Waals surface area contributed by atoms with Crippen molar-refractivity contribution in [3.05, 3.63) is 28.3 Å². The van der Waals surface area contributed by atoms with Crippen molar-refractivity contribution in [1.29, 1.82) is 0 Å². The topological polar surface area (TPSA) is 130 Å². The summed E-state index contributed by atoms with van der Waals surface area (Å²) in [6.45, 7) is 0.182. The lowest BCUT2D eigenvalue weighted by atomic mass is 9.89. The Morgan fingerprint density at radius 2 is 2.14 bits per heavy atom. The van der Waals surface area contributed by atoms with E-state index in [9.17, 15) is 23.3 Å². The minimum Gasteiger partial charge on any atom is -0.487 e. The molecule has 0 amide bonds. The van der Waals surface area contributed by atoms with Crippen LogP contribution in [0.5, 0.6) is 5.75 Å². The number of carbonyl (C=O) groups excluding carboxylic acids is 1. The third-order valence-corrected chi connectivity index (χ3v) is 4.43. The highest BCUT2D eigenvalue weighted by Crippen LogP contribution is 2.31. The first-order valence-corrected chi connectivity index (χ1v) is 8.28. The van der Waals surface area contributed by atoms with Gasteiger partial charge in [-0.15, -0.1) is 0 Å². The van der Waals surface area contributed by atoms with E-state index in [1.165, 1.54) is 6.07 Å². The van der Waals surface area contributed by atoms with Crippen LogP contribution in [0.4, 0.5) is 5.69 Å². The van der Waals surface area contributed by atoms with Crippen molar-refractivity contribution in [2.24, 2.45) is 11.1 Å². The van der Waals surface area contributed by atoms with Crippen LogP contribution in [-0.4, -0.2) is 25.7 Å². The van der Waals surface area contributed by atoms with Crippen LogP contribution in [0.1, 0.15) is 25.7 Å². The summed E-state index contributed by atoms with van der Waals surface area (Å²) in [5.41, 5.74) is -0.464. The normalized spacial score (nSPS) is 19.0. The molecule has 1 atom stereocenters. The van der Waals surface area contributed by atoms with E-state index >= 15 is 0 Å². The third-order valence-electron chi connectivity index (χ3n) is 3.51. The Labute approximate surface area is 127 Å². The molecule has 2 rings (SSSR count). The number of hydrogen-bond acceptors (Lipinski definition) is 6. The number of benzene rings is 1. The fourth-order valence-corrected chi connectivity index (χ4v) is 2.94. The average molecular weight is 328 g/mol. The third kappa shape index (κ3) is 4.01. The molecule has 2 N–H and O–H groups in total. The van der Waals surface area contributed by atoms with Crippen LogP contribution in [0.15, 0.2) is 23.1 Å². The highest BCUT2D eigenvalue weighted by Gasteiger charge is 2.23. The minimum absolute atomic E-state index is 0.0266. The van der Waals surface area contributed by atoms with E-state index in [0.29, 0.717) is 12.8 Å². The van der Waals surface area contributed by atoms with Gasteiger partial charge in [0.25, 0.3) is 0 Å². The second-order valence-corrected chi connectivity index (χ2v) is 6.81. The lowest BCUT2D eigenvalue weighted by molar-refractivity contribution is -0.386. The Morgan fingerprint density at radius 3 is 2.73 bits per heavy atom. The standard InChI is InChI=1S/C13H16N2O6S/c14-22(19,20)11-4-5-13(12(7-11)15(17)18)21-8-9-2-1-3-10(16)6-9/h4-5,7,9H,1-3,6,8H2,(H2,14,19,20)/t9-/m0/s1. The van der Waals surface area contributed by atoms with Crippen LogP contribution in [0.3, 0.4) is 0 Å². The Kier molecular flexibility index (Phi) is 4.77. The molecule has 1 aromatic carbocycles. The number of nitrogens with two attached hydrogens (primary N) is 1. The monoisotopic (exact) mass is 328 g/mol. The molecule has 0 spiro atoms. The first-order valence-electron chi connectivity index (χ1n) is 6.73. The fraction of sp³-hybridized carbons (Fsp3) is 0.462. The summed E-state index contributed by atoms with van der Waals surface area (Å²) < 4.78 is 27.9. The summed E-state index contributed by atoms with van der Waals surface area (Å²) in [6, 6.07) is 3.24. The van der Waals surface area contributed by atoms with Crippen LogP contribution < -0.4 is 9.88 Å². The van der Waals surface area contributed by atoms with E-state index in [-0.39, 0.29) is 29.0 Å². The van der Waals surface area contributed by atoms with Crippen LogP contribution >= 0.6 is 0 Å². The van der Waals surface area contributed by atoms with Crippen molar-refractivity contribution < 1.29 is 22.9 Å². The lowest BCUT2D eigenvalue weighted by Crippen LogP contribution is -2.21. The fourth-order valence-electron chi connectivity index (χ4n) is 2.40. The maximum absolute atomic E-state index is 11.4. The predicted molar refractivity (Wildman–Crippen MR) is 76.9 cm³/mol. The molecule has 120 valence electrons. The van der Waals surface area contributed by atoms with E-state index in [0.717, 1.165) is 25.0 Å². The van der Waals surface area contributed by atoms with Gasteiger partial charge >= 0.3 is 5.69 Å². The molecule has 1 fully saturated rings. The minimum atomic E-state index is -4.02. The van der Waals surface area contributed by atoms with E-state index in [1.807, 2.05) is 0 Å². The Balaban J connectivity index is 2.16. The zero-order valence-corrected chi connectivity index (χ0v) is 12.5. The van der Waals surface area contributed by atoms with Gasteiger partial charge < -0.3 is 4.74 Å². The second kappa shape index (κ2) is 6.41. The van der Waals surface area contributed by atoms with Crippen molar-refractivity contribution in [1.82, 2.24) is 0 Å².